The molecule has 1 aliphatic rings. The molecule has 0 aliphatic heterocycles. The minimum atomic E-state index is 0. The summed E-state index contributed by atoms with van der Waals surface area (Å²) in [6.45, 7) is 5.88. The lowest BCUT2D eigenvalue weighted by molar-refractivity contribution is 0.799. The van der Waals surface area contributed by atoms with Gasteiger partial charge in [-0.25, -0.2) is 0 Å². The van der Waals surface area contributed by atoms with Gasteiger partial charge in [-0.3, -0.25) is 4.99 Å². The number of hydrogen-bond acceptors (Lipinski definition) is 1. The monoisotopic (exact) mass is 311 g/mol. The lowest BCUT2D eigenvalue weighted by Gasteiger charge is -2.10. The van der Waals surface area contributed by atoms with Crippen LogP contribution in [0, 0.1) is 0 Å². The summed E-state index contributed by atoms with van der Waals surface area (Å²) in [5.41, 5.74) is 1.43. The zero-order chi connectivity index (χ0) is 12.1. The number of aliphatic imine (C=N–C) groups is 1. The van der Waals surface area contributed by atoms with E-state index in [2.05, 4.69) is 59.8 Å². The number of hydrogen-bond donors (Lipinski definition) is 2. The maximum absolute atomic E-state index is 4.42. The molecule has 0 bridgehead atoms. The standard InChI is InChI=1S/C14H21N3.BrH/c1-3-15-14(16-4-2)17-13-10-12(13)11-8-6-5-7-9-11;/h5-9,12-13H,3-4,10H2,1-2H3,(H2,15,16,17);1H. The van der Waals surface area contributed by atoms with Crippen LogP contribution in [-0.2, 0) is 0 Å². The van der Waals surface area contributed by atoms with Crippen molar-refractivity contribution < 1.29 is 0 Å². The quantitative estimate of drug-likeness (QED) is 0.662. The van der Waals surface area contributed by atoms with Crippen LogP contribution in [0.3, 0.4) is 0 Å². The molecule has 0 amide bonds. The van der Waals surface area contributed by atoms with E-state index >= 15 is 0 Å². The normalized spacial score (nSPS) is 22.0. The van der Waals surface area contributed by atoms with Crippen molar-refractivity contribution in [2.45, 2.75) is 32.2 Å². The van der Waals surface area contributed by atoms with E-state index < -0.39 is 0 Å². The second kappa shape index (κ2) is 7.41. The Kier molecular flexibility index (Phi) is 6.19. The molecular formula is C14H22BrN3. The third kappa shape index (κ3) is 4.02. The van der Waals surface area contributed by atoms with Gasteiger partial charge in [0.1, 0.15) is 0 Å². The molecule has 0 spiro atoms. The lowest BCUT2D eigenvalue weighted by atomic mass is 10.1. The second-order valence-corrected chi connectivity index (χ2v) is 4.36. The van der Waals surface area contributed by atoms with Crippen LogP contribution in [-0.4, -0.2) is 25.1 Å². The van der Waals surface area contributed by atoms with Crippen molar-refractivity contribution in [3.05, 3.63) is 35.9 Å². The molecule has 0 heterocycles. The van der Waals surface area contributed by atoms with Crippen LogP contribution < -0.4 is 10.6 Å². The van der Waals surface area contributed by atoms with E-state index in [1.807, 2.05) is 0 Å². The van der Waals surface area contributed by atoms with Gasteiger partial charge in [0.25, 0.3) is 0 Å². The highest BCUT2D eigenvalue weighted by atomic mass is 79.9. The van der Waals surface area contributed by atoms with Crippen molar-refractivity contribution in [3.8, 4) is 0 Å². The van der Waals surface area contributed by atoms with Crippen molar-refractivity contribution in [2.75, 3.05) is 13.1 Å². The molecule has 1 saturated carbocycles. The Morgan fingerprint density at radius 2 is 2.00 bits per heavy atom. The molecule has 2 unspecified atom stereocenters. The Bertz CT molecular complexity index is 378. The predicted molar refractivity (Wildman–Crippen MR) is 82.7 cm³/mol. The van der Waals surface area contributed by atoms with Crippen LogP contribution in [0.25, 0.3) is 0 Å². The summed E-state index contributed by atoms with van der Waals surface area (Å²) in [7, 11) is 0. The Balaban J connectivity index is 0.00000162. The smallest absolute Gasteiger partial charge is 0.191 e. The van der Waals surface area contributed by atoms with Crippen LogP contribution in [0.2, 0.25) is 0 Å². The van der Waals surface area contributed by atoms with Gasteiger partial charge in [0.05, 0.1) is 0 Å². The molecule has 1 fully saturated rings. The molecule has 1 aliphatic carbocycles. The summed E-state index contributed by atoms with van der Waals surface area (Å²) in [5, 5.41) is 6.75. The highest BCUT2D eigenvalue weighted by Crippen LogP contribution is 2.40. The minimum Gasteiger partial charge on any atom is -0.357 e. The Morgan fingerprint density at radius 3 is 2.61 bits per heavy atom. The molecule has 2 atom stereocenters. The van der Waals surface area contributed by atoms with E-state index in [4.69, 9.17) is 0 Å². The Hall–Kier alpha value is -1.03. The molecule has 4 heteroatoms. The van der Waals surface area contributed by atoms with Gasteiger partial charge in [0.15, 0.2) is 5.96 Å². The second-order valence-electron chi connectivity index (χ2n) is 4.36. The summed E-state index contributed by atoms with van der Waals surface area (Å²) in [5.74, 6) is 1.59. The molecule has 18 heavy (non-hydrogen) atoms. The van der Waals surface area contributed by atoms with Gasteiger partial charge in [-0.15, -0.1) is 17.0 Å². The molecule has 0 aromatic heterocycles. The average molecular weight is 312 g/mol. The molecule has 1 aromatic rings. The lowest BCUT2D eigenvalue weighted by Crippen LogP contribution is -2.39. The topological polar surface area (TPSA) is 36.4 Å². The van der Waals surface area contributed by atoms with Gasteiger partial charge in [-0.2, -0.15) is 0 Å². The zero-order valence-electron chi connectivity index (χ0n) is 11.0. The van der Waals surface area contributed by atoms with E-state index in [0.29, 0.717) is 12.0 Å². The molecular weight excluding hydrogens is 290 g/mol. The first-order valence-corrected chi connectivity index (χ1v) is 6.45. The van der Waals surface area contributed by atoms with Crippen LogP contribution in [0.5, 0.6) is 0 Å². The third-order valence-corrected chi connectivity index (χ3v) is 3.00. The van der Waals surface area contributed by atoms with Crippen molar-refractivity contribution in [1.82, 2.24) is 10.6 Å². The molecule has 100 valence electrons. The van der Waals surface area contributed by atoms with Gasteiger partial charge in [0, 0.05) is 25.0 Å². The van der Waals surface area contributed by atoms with Gasteiger partial charge in [-0.05, 0) is 25.8 Å². The number of nitrogens with zero attached hydrogens (tertiary/aromatic N) is 1. The van der Waals surface area contributed by atoms with E-state index in [9.17, 15) is 0 Å². The van der Waals surface area contributed by atoms with E-state index in [-0.39, 0.29) is 17.0 Å². The van der Waals surface area contributed by atoms with Crippen LogP contribution in [0.4, 0.5) is 0 Å². The van der Waals surface area contributed by atoms with E-state index in [0.717, 1.165) is 19.0 Å². The van der Waals surface area contributed by atoms with Crippen LogP contribution in [0.1, 0.15) is 31.7 Å². The van der Waals surface area contributed by atoms with Crippen molar-refractivity contribution in [3.63, 3.8) is 0 Å². The zero-order valence-corrected chi connectivity index (χ0v) is 12.7. The van der Waals surface area contributed by atoms with E-state index in [1.165, 1.54) is 12.0 Å². The minimum absolute atomic E-state index is 0. The fourth-order valence-electron chi connectivity index (χ4n) is 2.08. The highest BCUT2D eigenvalue weighted by molar-refractivity contribution is 8.93. The molecule has 3 nitrogen and oxygen atoms in total. The maximum atomic E-state index is 4.42. The van der Waals surface area contributed by atoms with Gasteiger partial charge in [-0.1, -0.05) is 30.3 Å². The van der Waals surface area contributed by atoms with Gasteiger partial charge in [0.2, 0.25) is 0 Å². The summed E-state index contributed by atoms with van der Waals surface area (Å²) >= 11 is 0. The number of guanidine groups is 1. The summed E-state index contributed by atoms with van der Waals surface area (Å²) in [4.78, 5) is 4.42. The first-order valence-electron chi connectivity index (χ1n) is 6.45. The van der Waals surface area contributed by atoms with E-state index in [1.54, 1.807) is 0 Å². The molecule has 2 N–H and O–H groups in total. The molecule has 0 saturated heterocycles. The molecule has 2 rings (SSSR count). The number of halogens is 1. The number of rotatable bonds is 4. The Labute approximate surface area is 120 Å². The van der Waals surface area contributed by atoms with Crippen molar-refractivity contribution in [2.24, 2.45) is 4.99 Å². The summed E-state index contributed by atoms with van der Waals surface area (Å²) in [6, 6.07) is 11.2. The highest BCUT2D eigenvalue weighted by Gasteiger charge is 2.38. The largest absolute Gasteiger partial charge is 0.357 e. The average Bonchev–Trinajstić information content (AvgIpc) is 3.10. The predicted octanol–water partition coefficient (Wildman–Crippen LogP) is 2.70. The Morgan fingerprint density at radius 1 is 1.28 bits per heavy atom. The number of benzene rings is 1. The number of nitrogens with one attached hydrogen (secondary N) is 2. The van der Waals surface area contributed by atoms with Crippen molar-refractivity contribution >= 4 is 22.9 Å². The van der Waals surface area contributed by atoms with Gasteiger partial charge < -0.3 is 10.6 Å². The SMILES string of the molecule is Br.CCN=C(NCC)NC1CC1c1ccccc1. The third-order valence-electron chi connectivity index (χ3n) is 3.00. The van der Waals surface area contributed by atoms with Crippen LogP contribution >= 0.6 is 17.0 Å². The van der Waals surface area contributed by atoms with Crippen LogP contribution in [0.15, 0.2) is 35.3 Å². The summed E-state index contributed by atoms with van der Waals surface area (Å²) < 4.78 is 0. The van der Waals surface area contributed by atoms with Gasteiger partial charge >= 0.3 is 0 Å². The first kappa shape index (κ1) is 15.0. The molecule has 1 aromatic carbocycles. The summed E-state index contributed by atoms with van der Waals surface area (Å²) in [6.07, 6.45) is 1.21. The first-order chi connectivity index (χ1) is 8.35. The fourth-order valence-corrected chi connectivity index (χ4v) is 2.08. The fraction of sp³-hybridized carbons (Fsp3) is 0.500. The van der Waals surface area contributed by atoms with Crippen molar-refractivity contribution in [1.29, 1.82) is 0 Å². The maximum Gasteiger partial charge on any atom is 0.191 e. The molecule has 0 radical (unpaired) electrons.